The predicted molar refractivity (Wildman–Crippen MR) is 178 cm³/mol. The minimum Gasteiger partial charge on any atom is -0.414 e. The van der Waals surface area contributed by atoms with Crippen molar-refractivity contribution in [2.45, 2.75) is 113 Å². The third-order valence-electron chi connectivity index (χ3n) is 9.10. The molecular formula is C29H46ClN3O8SSi2. The van der Waals surface area contributed by atoms with E-state index in [0.717, 1.165) is 0 Å². The Balaban J connectivity index is 1.89. The number of nitro benzene ring substituents is 1. The smallest absolute Gasteiger partial charge is 0.330 e. The number of hydrogen-bond acceptors (Lipinski definition) is 8. The van der Waals surface area contributed by atoms with Crippen LogP contribution in [0.2, 0.25) is 36.3 Å². The maximum atomic E-state index is 13.1. The fraction of sp³-hybridized carbons (Fsp3) is 0.655. The Labute approximate surface area is 268 Å². The summed E-state index contributed by atoms with van der Waals surface area (Å²) >= 11 is 6.59. The van der Waals surface area contributed by atoms with Crippen molar-refractivity contribution in [3.05, 3.63) is 67.0 Å². The number of alkyl halides is 1. The second-order valence-corrected chi connectivity index (χ2v) is 25.9. The van der Waals surface area contributed by atoms with E-state index in [4.69, 9.17) is 25.2 Å². The van der Waals surface area contributed by atoms with Crippen LogP contribution in [-0.4, -0.2) is 59.9 Å². The zero-order chi connectivity index (χ0) is 33.4. The van der Waals surface area contributed by atoms with Gasteiger partial charge in [0.25, 0.3) is 11.2 Å². The third-order valence-corrected chi connectivity index (χ3v) is 20.1. The van der Waals surface area contributed by atoms with Gasteiger partial charge in [-0.3, -0.25) is 28.7 Å². The van der Waals surface area contributed by atoms with Gasteiger partial charge in [0.2, 0.25) is 0 Å². The van der Waals surface area contributed by atoms with Gasteiger partial charge in [0.15, 0.2) is 16.6 Å². The summed E-state index contributed by atoms with van der Waals surface area (Å²) in [5, 5.41) is 9.87. The summed E-state index contributed by atoms with van der Waals surface area (Å²) < 4.78 is 34.1. The minimum atomic E-state index is -2.23. The van der Waals surface area contributed by atoms with E-state index in [2.05, 4.69) is 72.7 Å². The molecule has 246 valence electrons. The molecule has 0 bridgehead atoms. The molecule has 0 amide bonds. The topological polar surface area (TPSA) is 143 Å². The number of rotatable bonds is 11. The van der Waals surface area contributed by atoms with Gasteiger partial charge in [0.1, 0.15) is 12.3 Å². The third kappa shape index (κ3) is 8.44. The lowest BCUT2D eigenvalue weighted by Gasteiger charge is -2.40. The minimum absolute atomic E-state index is 0.00450. The highest BCUT2D eigenvalue weighted by Gasteiger charge is 2.47. The summed E-state index contributed by atoms with van der Waals surface area (Å²) in [6, 6.07) is 5.30. The van der Waals surface area contributed by atoms with Crippen LogP contribution in [-0.2, 0) is 24.4 Å². The number of nitro groups is 1. The normalized spacial score (nSPS) is 21.3. The molecular weight excluding hydrogens is 642 g/mol. The molecule has 44 heavy (non-hydrogen) atoms. The molecule has 15 heteroatoms. The molecule has 1 aromatic heterocycles. The molecule has 11 nitrogen and oxygen atoms in total. The molecule has 1 saturated heterocycles. The zero-order valence-corrected chi connectivity index (χ0v) is 30.8. The van der Waals surface area contributed by atoms with Gasteiger partial charge in [0.05, 0.1) is 39.4 Å². The van der Waals surface area contributed by atoms with E-state index in [9.17, 15) is 23.9 Å². The van der Waals surface area contributed by atoms with Crippen LogP contribution >= 0.6 is 11.6 Å². The van der Waals surface area contributed by atoms with Crippen molar-refractivity contribution >= 4 is 44.7 Å². The first kappa shape index (κ1) is 36.5. The molecule has 1 aromatic carbocycles. The Kier molecular flexibility index (Phi) is 11.1. The molecule has 5 atom stereocenters. The largest absolute Gasteiger partial charge is 0.414 e. The lowest BCUT2D eigenvalue weighted by molar-refractivity contribution is -0.384. The van der Waals surface area contributed by atoms with E-state index in [0.29, 0.717) is 17.9 Å². The van der Waals surface area contributed by atoms with Crippen molar-refractivity contribution in [2.24, 2.45) is 0 Å². The molecule has 0 saturated carbocycles. The van der Waals surface area contributed by atoms with Crippen LogP contribution in [0, 0.1) is 10.1 Å². The number of nitrogens with one attached hydrogen (secondary N) is 1. The molecule has 0 radical (unpaired) electrons. The number of aromatic nitrogens is 2. The second-order valence-electron chi connectivity index (χ2n) is 14.3. The highest BCUT2D eigenvalue weighted by molar-refractivity contribution is 7.85. The fourth-order valence-electron chi connectivity index (χ4n) is 4.18. The summed E-state index contributed by atoms with van der Waals surface area (Å²) in [6.07, 6.45) is 0.216. The Hall–Kier alpha value is -1.95. The number of benzene rings is 1. The molecule has 1 aliphatic heterocycles. The maximum absolute atomic E-state index is 13.1. The summed E-state index contributed by atoms with van der Waals surface area (Å²) in [6.45, 7) is 22.0. The molecule has 1 aliphatic rings. The maximum Gasteiger partial charge on any atom is 0.330 e. The first-order valence-corrected chi connectivity index (χ1v) is 22.2. The number of nitrogens with zero attached hydrogens (tertiary/aromatic N) is 2. The van der Waals surface area contributed by atoms with E-state index < -0.39 is 61.3 Å². The number of aromatic amines is 1. The molecule has 0 spiro atoms. The van der Waals surface area contributed by atoms with E-state index in [1.54, 1.807) is 0 Å². The fourth-order valence-corrected chi connectivity index (χ4v) is 8.13. The molecule has 2 heterocycles. The highest BCUT2D eigenvalue weighted by Crippen LogP contribution is 2.42. The first-order chi connectivity index (χ1) is 20.0. The standard InChI is InChI=1S/C29H46ClN3O8SSi2/c1-28(2,3)43(7,8)39-17-24-23(41-44(9,10)29(4,5)6)15-25(40-24)32-16-21(26(34)31-27(32)35)22(30)18-42(38)20-13-11-19(12-14-20)33(36)37/h11-14,16,22-25H,15,17-18H2,1-10H3,(H,31,34,35)/t22?,23-,24+,25+,42?/m0/s1. The number of non-ortho nitro benzene ring substituents is 1. The Bertz CT molecular complexity index is 1480. The van der Waals surface area contributed by atoms with Crippen molar-refractivity contribution in [3.8, 4) is 0 Å². The monoisotopic (exact) mass is 687 g/mol. The predicted octanol–water partition coefficient (Wildman–Crippen LogP) is 6.23. The van der Waals surface area contributed by atoms with Crippen LogP contribution in [0.3, 0.4) is 0 Å². The highest BCUT2D eigenvalue weighted by atomic mass is 35.5. The molecule has 2 unspecified atom stereocenters. The summed E-state index contributed by atoms with van der Waals surface area (Å²) in [4.78, 5) is 38.9. The number of halogens is 1. The van der Waals surface area contributed by atoms with Gasteiger partial charge >= 0.3 is 5.69 Å². The van der Waals surface area contributed by atoms with Crippen LogP contribution in [0.1, 0.15) is 65.1 Å². The van der Waals surface area contributed by atoms with Gasteiger partial charge in [-0.1, -0.05) is 41.5 Å². The second kappa shape index (κ2) is 13.4. The van der Waals surface area contributed by atoms with Crippen molar-refractivity contribution < 1.29 is 22.7 Å². The van der Waals surface area contributed by atoms with E-state index in [-0.39, 0.29) is 33.2 Å². The van der Waals surface area contributed by atoms with Crippen molar-refractivity contribution in [1.82, 2.24) is 9.55 Å². The van der Waals surface area contributed by atoms with Crippen LogP contribution in [0.5, 0.6) is 0 Å². The molecule has 0 aliphatic carbocycles. The van der Waals surface area contributed by atoms with Crippen LogP contribution in [0.25, 0.3) is 0 Å². The molecule has 1 fully saturated rings. The van der Waals surface area contributed by atoms with Crippen LogP contribution < -0.4 is 11.2 Å². The van der Waals surface area contributed by atoms with Gasteiger partial charge in [-0.25, -0.2) is 4.79 Å². The quantitative estimate of drug-likeness (QED) is 0.127. The van der Waals surface area contributed by atoms with Gasteiger partial charge in [-0.05, 0) is 48.4 Å². The summed E-state index contributed by atoms with van der Waals surface area (Å²) in [7, 11) is -6.00. The van der Waals surface area contributed by atoms with Crippen molar-refractivity contribution in [1.29, 1.82) is 0 Å². The van der Waals surface area contributed by atoms with Gasteiger partial charge < -0.3 is 13.6 Å². The zero-order valence-electron chi connectivity index (χ0n) is 27.3. The van der Waals surface area contributed by atoms with Gasteiger partial charge in [-0.2, -0.15) is 0 Å². The summed E-state index contributed by atoms with van der Waals surface area (Å²) in [5.74, 6) is -0.147. The molecule has 2 aromatic rings. The number of ether oxygens (including phenoxy) is 1. The average molecular weight is 688 g/mol. The summed E-state index contributed by atoms with van der Waals surface area (Å²) in [5.41, 5.74) is -1.40. The molecule has 3 rings (SSSR count). The van der Waals surface area contributed by atoms with E-state index in [1.165, 1.54) is 35.0 Å². The lowest BCUT2D eigenvalue weighted by atomic mass is 10.2. The van der Waals surface area contributed by atoms with E-state index >= 15 is 0 Å². The number of hydrogen-bond donors (Lipinski definition) is 1. The molecule has 1 N–H and O–H groups in total. The van der Waals surface area contributed by atoms with Crippen LogP contribution in [0.4, 0.5) is 5.69 Å². The Morgan fingerprint density at radius 2 is 1.66 bits per heavy atom. The SMILES string of the molecule is CC(C)(C)[Si](C)(C)OC[C@H]1O[C@@H](n2cc(C(Cl)CS(=O)c3ccc([N+](=O)[O-])cc3)c(=O)[nH]c2=O)C[C@@H]1O[Si](C)(C)C(C)(C)C. The van der Waals surface area contributed by atoms with Gasteiger partial charge in [0, 0.05) is 35.4 Å². The first-order valence-electron chi connectivity index (χ1n) is 14.6. The van der Waals surface area contributed by atoms with Crippen molar-refractivity contribution in [3.63, 3.8) is 0 Å². The van der Waals surface area contributed by atoms with Crippen molar-refractivity contribution in [2.75, 3.05) is 12.4 Å². The Morgan fingerprint density at radius 1 is 1.09 bits per heavy atom. The Morgan fingerprint density at radius 3 is 2.18 bits per heavy atom. The van der Waals surface area contributed by atoms with E-state index in [1.807, 2.05) is 0 Å². The average Bonchev–Trinajstić information content (AvgIpc) is 3.27. The number of H-pyrrole nitrogens is 1. The van der Waals surface area contributed by atoms with Crippen LogP contribution in [0.15, 0.2) is 44.9 Å². The van der Waals surface area contributed by atoms with Gasteiger partial charge in [-0.15, -0.1) is 11.6 Å². The lowest BCUT2D eigenvalue weighted by Crippen LogP contribution is -2.48.